The molecule has 108 valence electrons. The predicted molar refractivity (Wildman–Crippen MR) is 83.7 cm³/mol. The van der Waals surface area contributed by atoms with Crippen molar-refractivity contribution in [3.05, 3.63) is 5.76 Å². The summed E-state index contributed by atoms with van der Waals surface area (Å²) in [7, 11) is -2.19. The number of hydrogen-bond donors (Lipinski definition) is 1. The van der Waals surface area contributed by atoms with Gasteiger partial charge in [-0.2, -0.15) is 4.98 Å². The summed E-state index contributed by atoms with van der Waals surface area (Å²) in [5.74, 6) is 1.96. The van der Waals surface area contributed by atoms with E-state index in [4.69, 9.17) is 8.83 Å². The van der Waals surface area contributed by atoms with Gasteiger partial charge in [0.2, 0.25) is 7.14 Å². The number of oxazole rings is 1. The van der Waals surface area contributed by atoms with E-state index in [1.807, 2.05) is 6.92 Å². The molecule has 1 atom stereocenters. The van der Waals surface area contributed by atoms with E-state index in [-0.39, 0.29) is 17.0 Å². The molecular weight excluding hydrogens is 343 g/mol. The summed E-state index contributed by atoms with van der Waals surface area (Å²) < 4.78 is 23.4. The Labute approximate surface area is 127 Å². The first-order valence-corrected chi connectivity index (χ1v) is 8.30. The number of nitrogens with zero attached hydrogens (tertiary/aromatic N) is 1. The maximum Gasteiger partial charge on any atom is 0.295 e. The van der Waals surface area contributed by atoms with Crippen molar-refractivity contribution in [1.29, 1.82) is 0 Å². The smallest absolute Gasteiger partial charge is 0.295 e. The van der Waals surface area contributed by atoms with E-state index in [2.05, 4.69) is 24.1 Å². The van der Waals surface area contributed by atoms with Crippen LogP contribution < -0.4 is 21.4 Å². The molecule has 5 rings (SSSR count). The largest absolute Gasteiger partial charge is 0.449 e. The zero-order valence-corrected chi connectivity index (χ0v) is 14.1. The Balaban J connectivity index is 0.00000121. The number of nitrogens with one attached hydrogen (secondary N) is 1. The maximum absolute atomic E-state index is 12.0. The van der Waals surface area contributed by atoms with Crippen LogP contribution in [0.4, 0.5) is 6.01 Å². The molecule has 7 heteroatoms. The third-order valence-electron chi connectivity index (χ3n) is 3.49. The monoisotopic (exact) mass is 358 g/mol. The van der Waals surface area contributed by atoms with Crippen LogP contribution in [0.5, 0.6) is 0 Å². The minimum absolute atomic E-state index is 0. The average Bonchev–Trinajstić information content (AvgIpc) is 2.87. The maximum atomic E-state index is 12.0. The number of anilines is 1. The first-order valence-electron chi connectivity index (χ1n) is 6.59. The van der Waals surface area contributed by atoms with E-state index in [0.29, 0.717) is 23.2 Å². The molecule has 3 aliphatic heterocycles. The van der Waals surface area contributed by atoms with Gasteiger partial charge in [0.15, 0.2) is 17.0 Å². The molecule has 0 aromatic carbocycles. The van der Waals surface area contributed by atoms with Crippen molar-refractivity contribution in [2.75, 3.05) is 11.9 Å². The molecule has 0 aliphatic carbocycles. The van der Waals surface area contributed by atoms with Crippen LogP contribution in [0.2, 0.25) is 0 Å². The number of hydrogen-bond acceptors (Lipinski definition) is 5. The fourth-order valence-electron chi connectivity index (χ4n) is 2.53. The first-order chi connectivity index (χ1) is 9.07. The highest BCUT2D eigenvalue weighted by Gasteiger charge is 2.75. The van der Waals surface area contributed by atoms with Gasteiger partial charge in [-0.15, -0.1) is 17.0 Å². The lowest BCUT2D eigenvalue weighted by Gasteiger charge is -2.01. The van der Waals surface area contributed by atoms with Gasteiger partial charge in [-0.05, 0) is 12.8 Å². The van der Waals surface area contributed by atoms with E-state index in [0.717, 1.165) is 35.0 Å². The van der Waals surface area contributed by atoms with E-state index < -0.39 is 7.14 Å². The molecule has 5 nitrogen and oxygen atoms in total. The molecule has 20 heavy (non-hydrogen) atoms. The molecule has 2 aromatic heterocycles. The van der Waals surface area contributed by atoms with Crippen molar-refractivity contribution in [2.45, 2.75) is 27.2 Å². The lowest BCUT2D eigenvalue weighted by molar-refractivity contribution is 0.479. The van der Waals surface area contributed by atoms with E-state index in [1.54, 1.807) is 0 Å². The van der Waals surface area contributed by atoms with Gasteiger partial charge in [0.25, 0.3) is 6.01 Å². The molecule has 5 heterocycles. The van der Waals surface area contributed by atoms with Gasteiger partial charge in [-0.25, -0.2) is 0 Å². The van der Waals surface area contributed by atoms with Crippen molar-refractivity contribution in [3.8, 4) is 11.5 Å². The quantitative estimate of drug-likeness (QED) is 0.555. The zero-order valence-electron chi connectivity index (χ0n) is 11.5. The highest BCUT2D eigenvalue weighted by atomic mass is 79.9. The lowest BCUT2D eigenvalue weighted by atomic mass is 10.1. The summed E-state index contributed by atoms with van der Waals surface area (Å²) in [6, 6.07) is 0.511. The Morgan fingerprint density at radius 1 is 1.30 bits per heavy atom. The Morgan fingerprint density at radius 2 is 2.00 bits per heavy atom. The summed E-state index contributed by atoms with van der Waals surface area (Å²) in [6.45, 7) is 7.00. The average molecular weight is 359 g/mol. The van der Waals surface area contributed by atoms with Crippen molar-refractivity contribution >= 4 is 46.2 Å². The Kier molecular flexibility index (Phi) is 2.96. The van der Waals surface area contributed by atoms with E-state index in [1.165, 1.54) is 0 Å². The van der Waals surface area contributed by atoms with Crippen LogP contribution in [-0.2, 0) is 11.0 Å². The lowest BCUT2D eigenvalue weighted by Crippen LogP contribution is -1.99. The van der Waals surface area contributed by atoms with Crippen LogP contribution in [0.15, 0.2) is 8.83 Å². The standard InChI is InChI=1S/C13H15N2O3P.BrH/c1-4-14-13-15-8(7(17-13)5-6(2)3)9-10-11-12(18-9)19(10,11)16;/h6H,4-5H2,1-3H3,(H,14,15);1H. The third kappa shape index (κ3) is 1.61. The summed E-state index contributed by atoms with van der Waals surface area (Å²) in [5.41, 5.74) is 1.43. The van der Waals surface area contributed by atoms with Crippen molar-refractivity contribution in [3.63, 3.8) is 0 Å². The van der Waals surface area contributed by atoms with Crippen LogP contribution in [0, 0.1) is 5.92 Å². The first kappa shape index (κ1) is 14.0. The number of fused-ring (bicyclic) bond motifs is 1. The molecule has 1 N–H and O–H groups in total. The zero-order chi connectivity index (χ0) is 13.4. The highest BCUT2D eigenvalue weighted by Crippen LogP contribution is 2.70. The van der Waals surface area contributed by atoms with Crippen LogP contribution >= 0.6 is 24.1 Å². The Morgan fingerprint density at radius 3 is 2.50 bits per heavy atom. The Bertz CT molecular complexity index is 738. The van der Waals surface area contributed by atoms with Crippen LogP contribution in [0.3, 0.4) is 0 Å². The summed E-state index contributed by atoms with van der Waals surface area (Å²) in [4.78, 5) is 4.45. The van der Waals surface area contributed by atoms with Gasteiger partial charge in [-0.1, -0.05) is 13.8 Å². The topological polar surface area (TPSA) is 68.3 Å². The molecule has 0 radical (unpaired) electrons. The third-order valence-corrected chi connectivity index (χ3v) is 6.04. The molecule has 0 saturated heterocycles. The molecule has 2 aromatic rings. The fraction of sp³-hybridized carbons (Fsp3) is 0.462. The van der Waals surface area contributed by atoms with Gasteiger partial charge in [0.1, 0.15) is 5.76 Å². The van der Waals surface area contributed by atoms with E-state index in [9.17, 15) is 4.57 Å². The molecule has 0 fully saturated rings. The molecule has 3 aliphatic rings. The van der Waals surface area contributed by atoms with Crippen molar-refractivity contribution in [1.82, 2.24) is 4.98 Å². The minimum Gasteiger partial charge on any atom is -0.449 e. The summed E-state index contributed by atoms with van der Waals surface area (Å²) in [5, 5.41) is 4.94. The van der Waals surface area contributed by atoms with Gasteiger partial charge < -0.3 is 18.7 Å². The van der Waals surface area contributed by atoms with Gasteiger partial charge >= 0.3 is 0 Å². The second kappa shape index (κ2) is 4.25. The van der Waals surface area contributed by atoms with Gasteiger partial charge in [0.05, 0.1) is 10.6 Å². The molecule has 0 amide bonds. The van der Waals surface area contributed by atoms with Crippen LogP contribution in [0.25, 0.3) is 11.5 Å². The van der Waals surface area contributed by atoms with Crippen LogP contribution in [0.1, 0.15) is 26.5 Å². The normalized spacial score (nSPS) is 20.6. The number of aromatic nitrogens is 1. The van der Waals surface area contributed by atoms with Crippen molar-refractivity contribution < 1.29 is 13.4 Å². The molecule has 1 unspecified atom stereocenters. The van der Waals surface area contributed by atoms with Gasteiger partial charge in [-0.3, -0.25) is 0 Å². The Hall–Kier alpha value is -1.00. The molecular formula is C13H16BrN2O3P. The fourth-order valence-corrected chi connectivity index (χ4v) is 5.01. The SMILES string of the molecule is Br.CCNc1nc(-c2oc3c4c2P34=O)c(CC(C)C)o1. The second-order valence-electron chi connectivity index (χ2n) is 5.46. The van der Waals surface area contributed by atoms with E-state index >= 15 is 0 Å². The summed E-state index contributed by atoms with van der Waals surface area (Å²) >= 11 is 0. The van der Waals surface area contributed by atoms with Crippen molar-refractivity contribution in [2.24, 2.45) is 5.92 Å². The second-order valence-corrected chi connectivity index (χ2v) is 7.98. The predicted octanol–water partition coefficient (Wildman–Crippen LogP) is 2.41. The molecule has 0 saturated carbocycles. The van der Waals surface area contributed by atoms with Crippen LogP contribution in [-0.4, -0.2) is 11.5 Å². The summed E-state index contributed by atoms with van der Waals surface area (Å²) in [6.07, 6.45) is 0.794. The number of furan rings is 1. The van der Waals surface area contributed by atoms with Gasteiger partial charge in [0, 0.05) is 13.0 Å². The minimum atomic E-state index is -2.19. The molecule has 0 spiro atoms. The highest BCUT2D eigenvalue weighted by molar-refractivity contribution is 8.93. The number of rotatable bonds is 5. The molecule has 2 bridgehead atoms. The number of halogens is 1.